The van der Waals surface area contributed by atoms with Crippen molar-refractivity contribution in [3.63, 3.8) is 0 Å². The molecule has 1 saturated heterocycles. The number of amides is 2. The minimum atomic E-state index is -4.88. The van der Waals surface area contributed by atoms with Crippen LogP contribution in [0, 0.1) is 11.3 Å². The van der Waals surface area contributed by atoms with Crippen molar-refractivity contribution in [2.75, 3.05) is 13.1 Å². The van der Waals surface area contributed by atoms with Crippen LogP contribution in [-0.2, 0) is 30.1 Å². The third-order valence-corrected chi connectivity index (χ3v) is 9.11. The summed E-state index contributed by atoms with van der Waals surface area (Å²) in [4.78, 5) is 34.0. The van der Waals surface area contributed by atoms with Crippen LogP contribution in [0.4, 0.5) is 26.3 Å². The molecule has 3 aromatic rings. The molecule has 4 heterocycles. The average Bonchev–Trinajstić information content (AvgIpc) is 3.49. The lowest BCUT2D eigenvalue weighted by atomic mass is 9.79. The third-order valence-electron chi connectivity index (χ3n) is 8.15. The minimum absolute atomic E-state index is 0.00697. The molecule has 238 valence electrons. The highest BCUT2D eigenvalue weighted by Crippen LogP contribution is 2.43. The molecular weight excluding hydrogens is 622 g/mol. The van der Waals surface area contributed by atoms with Crippen molar-refractivity contribution in [1.29, 1.82) is 5.26 Å². The van der Waals surface area contributed by atoms with Gasteiger partial charge in [0.15, 0.2) is 0 Å². The van der Waals surface area contributed by atoms with Crippen molar-refractivity contribution in [2.45, 2.75) is 69.6 Å². The second-order valence-electron chi connectivity index (χ2n) is 11.0. The summed E-state index contributed by atoms with van der Waals surface area (Å²) in [5.74, 6) is -1.84. The molecule has 0 radical (unpaired) electrons. The van der Waals surface area contributed by atoms with Crippen LogP contribution in [0.15, 0.2) is 48.0 Å². The standard InChI is InChI=1S/C31H28F6N4O3S/c1-2-5-24-29(44-22-15-25(45-18-22)31(35,36)37,28(43)40-13-9-20-14-19(16-38)7-8-21(20)17-40)10-4-12-41(24)27(42)26-23(30(32,33)34)6-3-11-39-26/h3,6-8,11,14-15,18,24H,2,4-5,9-10,12-13,17H2,1H3/t24-,29-/m1/s1. The van der Waals surface area contributed by atoms with Gasteiger partial charge in [-0.1, -0.05) is 19.4 Å². The summed E-state index contributed by atoms with van der Waals surface area (Å²) in [5.41, 5.74) is -1.84. The fourth-order valence-electron chi connectivity index (χ4n) is 6.14. The van der Waals surface area contributed by atoms with Gasteiger partial charge in [0.05, 0.1) is 23.2 Å². The van der Waals surface area contributed by atoms with Gasteiger partial charge in [-0.25, -0.2) is 0 Å². The zero-order chi connectivity index (χ0) is 32.6. The van der Waals surface area contributed by atoms with E-state index in [1.807, 2.05) is 0 Å². The van der Waals surface area contributed by atoms with Gasteiger partial charge in [-0.15, -0.1) is 11.3 Å². The molecule has 2 aliphatic heterocycles. The van der Waals surface area contributed by atoms with E-state index in [1.165, 1.54) is 4.90 Å². The molecular formula is C31H28F6N4O3S. The van der Waals surface area contributed by atoms with Crippen molar-refractivity contribution in [3.05, 3.63) is 80.8 Å². The van der Waals surface area contributed by atoms with E-state index in [0.29, 0.717) is 29.7 Å². The zero-order valence-corrected chi connectivity index (χ0v) is 24.9. The number of thiophene rings is 1. The maximum atomic E-state index is 14.6. The van der Waals surface area contributed by atoms with Gasteiger partial charge in [-0.05, 0) is 54.7 Å². The van der Waals surface area contributed by atoms with Gasteiger partial charge >= 0.3 is 12.4 Å². The second-order valence-corrected chi connectivity index (χ2v) is 11.9. The van der Waals surface area contributed by atoms with Crippen LogP contribution in [0.5, 0.6) is 5.75 Å². The van der Waals surface area contributed by atoms with Crippen molar-refractivity contribution in [3.8, 4) is 11.8 Å². The Morgan fingerprint density at radius 1 is 1.11 bits per heavy atom. The predicted molar refractivity (Wildman–Crippen MR) is 151 cm³/mol. The largest absolute Gasteiger partial charge is 0.474 e. The Hall–Kier alpha value is -4.12. The van der Waals surface area contributed by atoms with Crippen LogP contribution in [0.2, 0.25) is 0 Å². The molecule has 0 saturated carbocycles. The molecule has 2 aliphatic rings. The Balaban J connectivity index is 1.58. The van der Waals surface area contributed by atoms with Crippen LogP contribution < -0.4 is 4.74 Å². The average molecular weight is 651 g/mol. The van der Waals surface area contributed by atoms with Gasteiger partial charge in [-0.3, -0.25) is 14.6 Å². The van der Waals surface area contributed by atoms with Crippen molar-refractivity contribution in [1.82, 2.24) is 14.8 Å². The molecule has 5 rings (SSSR count). The van der Waals surface area contributed by atoms with Crippen molar-refractivity contribution < 1.29 is 40.7 Å². The number of nitriles is 1. The number of hydrogen-bond acceptors (Lipinski definition) is 6. The van der Waals surface area contributed by atoms with E-state index < -0.39 is 51.9 Å². The SMILES string of the molecule is CCC[C@H]1N(C(=O)c2ncccc2C(F)(F)F)CCC[C@]1(Oc1csc(C(F)(F)F)c1)C(=O)N1CCc2cc(C#N)ccc2C1. The minimum Gasteiger partial charge on any atom is -0.474 e. The molecule has 45 heavy (non-hydrogen) atoms. The Labute approximate surface area is 259 Å². The first-order valence-corrected chi connectivity index (χ1v) is 15.2. The topological polar surface area (TPSA) is 86.5 Å². The van der Waals surface area contributed by atoms with Gasteiger partial charge in [0.1, 0.15) is 16.3 Å². The lowest BCUT2D eigenvalue weighted by molar-refractivity contribution is -0.160. The lowest BCUT2D eigenvalue weighted by Crippen LogP contribution is -2.68. The molecule has 14 heteroatoms. The molecule has 0 bridgehead atoms. The van der Waals surface area contributed by atoms with Gasteiger partial charge in [0.2, 0.25) is 5.60 Å². The number of carbonyl (C=O) groups is 2. The number of aromatic nitrogens is 1. The molecule has 0 aliphatic carbocycles. The fourth-order valence-corrected chi connectivity index (χ4v) is 6.82. The maximum Gasteiger partial charge on any atom is 0.425 e. The Morgan fingerprint density at radius 3 is 2.56 bits per heavy atom. The molecule has 2 aromatic heterocycles. The predicted octanol–water partition coefficient (Wildman–Crippen LogP) is 6.86. The first kappa shape index (κ1) is 32.3. The molecule has 1 fully saturated rings. The highest BCUT2D eigenvalue weighted by molar-refractivity contribution is 7.10. The summed E-state index contributed by atoms with van der Waals surface area (Å²) in [6.07, 6.45) is -7.41. The normalized spacial score (nSPS) is 20.4. The van der Waals surface area contributed by atoms with Crippen LogP contribution in [0.25, 0.3) is 0 Å². The number of alkyl halides is 6. The Bertz CT molecular complexity index is 1630. The van der Waals surface area contributed by atoms with Crippen LogP contribution >= 0.6 is 11.3 Å². The number of nitrogens with zero attached hydrogens (tertiary/aromatic N) is 4. The molecule has 0 unspecified atom stereocenters. The van der Waals surface area contributed by atoms with E-state index >= 15 is 0 Å². The highest BCUT2D eigenvalue weighted by atomic mass is 32.1. The van der Waals surface area contributed by atoms with Crippen LogP contribution in [0.1, 0.15) is 70.2 Å². The number of hydrogen-bond donors (Lipinski definition) is 0. The summed E-state index contributed by atoms with van der Waals surface area (Å²) in [6, 6.07) is 8.66. The van der Waals surface area contributed by atoms with Gasteiger partial charge in [-0.2, -0.15) is 31.6 Å². The number of piperidine rings is 1. The number of rotatable bonds is 6. The number of halogens is 6. The smallest absolute Gasteiger partial charge is 0.425 e. The molecule has 1 aromatic carbocycles. The number of pyridine rings is 1. The third kappa shape index (κ3) is 6.36. The Morgan fingerprint density at radius 2 is 1.89 bits per heavy atom. The van der Waals surface area contributed by atoms with E-state index in [2.05, 4.69) is 11.1 Å². The molecule has 7 nitrogen and oxygen atoms in total. The van der Waals surface area contributed by atoms with E-state index in [9.17, 15) is 41.2 Å². The Kier molecular flexibility index (Phi) is 8.86. The van der Waals surface area contributed by atoms with Crippen LogP contribution in [0.3, 0.4) is 0 Å². The monoisotopic (exact) mass is 650 g/mol. The van der Waals surface area contributed by atoms with E-state index in [1.54, 1.807) is 25.1 Å². The summed E-state index contributed by atoms with van der Waals surface area (Å²) in [7, 11) is 0. The van der Waals surface area contributed by atoms with Gasteiger partial charge < -0.3 is 14.5 Å². The first-order valence-electron chi connectivity index (χ1n) is 14.3. The molecule has 0 spiro atoms. The maximum absolute atomic E-state index is 14.6. The zero-order valence-electron chi connectivity index (χ0n) is 24.0. The number of ether oxygens (including phenoxy) is 1. The van der Waals surface area contributed by atoms with Crippen molar-refractivity contribution >= 4 is 23.2 Å². The summed E-state index contributed by atoms with van der Waals surface area (Å²) < 4.78 is 88.5. The van der Waals surface area contributed by atoms with E-state index in [4.69, 9.17) is 4.74 Å². The van der Waals surface area contributed by atoms with Gasteiger partial charge in [0.25, 0.3) is 11.8 Å². The lowest BCUT2D eigenvalue weighted by Gasteiger charge is -2.50. The summed E-state index contributed by atoms with van der Waals surface area (Å²) in [6.45, 7) is 2.08. The van der Waals surface area contributed by atoms with Crippen LogP contribution in [-0.4, -0.2) is 51.3 Å². The number of carbonyl (C=O) groups excluding carboxylic acids is 2. The quantitative estimate of drug-likeness (QED) is 0.272. The molecule has 2 atom stereocenters. The summed E-state index contributed by atoms with van der Waals surface area (Å²) in [5, 5.41) is 10.4. The molecule has 2 amide bonds. The molecule has 0 N–H and O–H groups in total. The number of fused-ring (bicyclic) bond motifs is 1. The van der Waals surface area contributed by atoms with E-state index in [-0.39, 0.29) is 44.6 Å². The number of likely N-dealkylation sites (tertiary alicyclic amines) is 1. The summed E-state index contributed by atoms with van der Waals surface area (Å²) >= 11 is 0.392. The van der Waals surface area contributed by atoms with Gasteiger partial charge in [0, 0.05) is 43.7 Å². The highest BCUT2D eigenvalue weighted by Gasteiger charge is 2.56. The van der Waals surface area contributed by atoms with Crippen molar-refractivity contribution in [2.24, 2.45) is 0 Å². The fraction of sp³-hybridized carbons (Fsp3) is 0.419. The number of benzene rings is 1. The van der Waals surface area contributed by atoms with E-state index in [0.717, 1.165) is 45.8 Å². The first-order chi connectivity index (χ1) is 21.3. The second kappa shape index (κ2) is 12.3.